The van der Waals surface area contributed by atoms with Gasteiger partial charge in [0.2, 0.25) is 0 Å². The van der Waals surface area contributed by atoms with E-state index >= 15 is 0 Å². The molecule has 3 N–H and O–H groups in total. The van der Waals surface area contributed by atoms with Crippen LogP contribution in [0.1, 0.15) is 37.9 Å². The van der Waals surface area contributed by atoms with Gasteiger partial charge in [-0.1, -0.05) is 54.6 Å². The molecule has 1 fully saturated rings. The van der Waals surface area contributed by atoms with Crippen LogP contribution in [-0.4, -0.2) is 49.6 Å². The van der Waals surface area contributed by atoms with Crippen molar-refractivity contribution in [2.24, 2.45) is 5.73 Å². The van der Waals surface area contributed by atoms with Crippen molar-refractivity contribution >= 4 is 11.8 Å². The largest absolute Gasteiger partial charge is 0.488 e. The molecule has 1 atom stereocenters. The second-order valence-electron chi connectivity index (χ2n) is 8.13. The van der Waals surface area contributed by atoms with Crippen LogP contribution in [0, 0.1) is 0 Å². The van der Waals surface area contributed by atoms with Crippen LogP contribution >= 0.6 is 0 Å². The number of carbonyl (C=O) groups excluding carboxylic acids is 2. The molecule has 1 aliphatic rings. The molecular formula is C27H29N3O4. The summed E-state index contributed by atoms with van der Waals surface area (Å²) < 4.78 is 11.3. The van der Waals surface area contributed by atoms with E-state index in [-0.39, 0.29) is 18.6 Å². The minimum absolute atomic E-state index is 0.0749. The monoisotopic (exact) mass is 459 g/mol. The summed E-state index contributed by atoms with van der Waals surface area (Å²) in [6.07, 6.45) is 0. The third kappa shape index (κ3) is 6.01. The quantitative estimate of drug-likeness (QED) is 0.513. The number of carbonyl (C=O) groups is 2. The first kappa shape index (κ1) is 23.5. The van der Waals surface area contributed by atoms with E-state index in [9.17, 15) is 9.59 Å². The number of benzene rings is 3. The zero-order valence-electron chi connectivity index (χ0n) is 19.0. The van der Waals surface area contributed by atoms with Crippen LogP contribution < -0.4 is 15.8 Å². The number of rotatable bonds is 9. The summed E-state index contributed by atoms with van der Waals surface area (Å²) in [5, 5.41) is 3.10. The highest BCUT2D eigenvalue weighted by Gasteiger charge is 2.23. The van der Waals surface area contributed by atoms with Crippen molar-refractivity contribution in [3.05, 3.63) is 101 Å². The van der Waals surface area contributed by atoms with E-state index in [0.29, 0.717) is 36.6 Å². The summed E-state index contributed by atoms with van der Waals surface area (Å²) >= 11 is 0. The number of nitrogens with one attached hydrogen (secondary N) is 1. The number of morpholine rings is 1. The maximum absolute atomic E-state index is 13.0. The Morgan fingerprint density at radius 1 is 0.971 bits per heavy atom. The van der Waals surface area contributed by atoms with E-state index in [1.165, 1.54) is 5.56 Å². The predicted octanol–water partition coefficient (Wildman–Crippen LogP) is 3.17. The van der Waals surface area contributed by atoms with Crippen LogP contribution in [0.4, 0.5) is 0 Å². The molecule has 1 saturated heterocycles. The van der Waals surface area contributed by atoms with Crippen molar-refractivity contribution in [3.8, 4) is 5.75 Å². The lowest BCUT2D eigenvalue weighted by Crippen LogP contribution is -2.43. The van der Waals surface area contributed by atoms with Gasteiger partial charge >= 0.3 is 0 Å². The van der Waals surface area contributed by atoms with Crippen molar-refractivity contribution in [2.75, 3.05) is 32.8 Å². The highest BCUT2D eigenvalue weighted by atomic mass is 16.5. The average molecular weight is 460 g/mol. The van der Waals surface area contributed by atoms with Crippen molar-refractivity contribution in [3.63, 3.8) is 0 Å². The molecule has 7 heteroatoms. The summed E-state index contributed by atoms with van der Waals surface area (Å²) in [7, 11) is 0. The van der Waals surface area contributed by atoms with Crippen LogP contribution in [0.15, 0.2) is 78.9 Å². The molecule has 3 aromatic rings. The van der Waals surface area contributed by atoms with Crippen molar-refractivity contribution in [1.82, 2.24) is 10.2 Å². The van der Waals surface area contributed by atoms with Gasteiger partial charge in [0.1, 0.15) is 12.4 Å². The lowest BCUT2D eigenvalue weighted by Gasteiger charge is -2.35. The molecule has 0 radical (unpaired) electrons. The Balaban J connectivity index is 1.41. The van der Waals surface area contributed by atoms with E-state index < -0.39 is 5.91 Å². The zero-order valence-corrected chi connectivity index (χ0v) is 19.0. The minimum atomic E-state index is -0.544. The van der Waals surface area contributed by atoms with Crippen molar-refractivity contribution in [1.29, 1.82) is 0 Å². The first-order valence-corrected chi connectivity index (χ1v) is 11.4. The van der Waals surface area contributed by atoms with Gasteiger partial charge in [-0.05, 0) is 35.4 Å². The molecule has 1 heterocycles. The first-order chi connectivity index (χ1) is 16.6. The second kappa shape index (κ2) is 11.4. The molecule has 1 aliphatic heterocycles. The maximum Gasteiger partial charge on any atom is 0.252 e. The molecule has 34 heavy (non-hydrogen) atoms. The fourth-order valence-electron chi connectivity index (χ4n) is 4.07. The van der Waals surface area contributed by atoms with Gasteiger partial charge in [-0.2, -0.15) is 0 Å². The highest BCUT2D eigenvalue weighted by molar-refractivity contribution is 5.95. The van der Waals surface area contributed by atoms with E-state index in [1.807, 2.05) is 30.3 Å². The van der Waals surface area contributed by atoms with Crippen LogP contribution in [0.25, 0.3) is 0 Å². The van der Waals surface area contributed by atoms with Gasteiger partial charge in [0.05, 0.1) is 24.8 Å². The van der Waals surface area contributed by atoms with Crippen LogP contribution in [0.3, 0.4) is 0 Å². The Morgan fingerprint density at radius 3 is 2.47 bits per heavy atom. The Morgan fingerprint density at radius 2 is 1.71 bits per heavy atom. The Hall–Kier alpha value is -3.68. The van der Waals surface area contributed by atoms with E-state index in [0.717, 1.165) is 18.7 Å². The minimum Gasteiger partial charge on any atom is -0.488 e. The van der Waals surface area contributed by atoms with Gasteiger partial charge in [0, 0.05) is 25.2 Å². The number of hydrogen-bond donors (Lipinski definition) is 2. The fraction of sp³-hybridized carbons (Fsp3) is 0.259. The fourth-order valence-corrected chi connectivity index (χ4v) is 4.07. The topological polar surface area (TPSA) is 93.9 Å². The maximum atomic E-state index is 13.0. The summed E-state index contributed by atoms with van der Waals surface area (Å²) in [4.78, 5) is 26.9. The zero-order chi connectivity index (χ0) is 23.8. The number of amides is 2. The SMILES string of the molecule is NC(=O)c1ccccc1OCc1cccc(C(=O)NCC(c2ccccc2)N2CCOCC2)c1. The third-order valence-corrected chi connectivity index (χ3v) is 5.86. The Labute approximate surface area is 199 Å². The number of para-hydroxylation sites is 1. The molecule has 0 aliphatic carbocycles. The second-order valence-corrected chi connectivity index (χ2v) is 8.13. The first-order valence-electron chi connectivity index (χ1n) is 11.4. The summed E-state index contributed by atoms with van der Waals surface area (Å²) in [5.41, 5.74) is 8.28. The summed E-state index contributed by atoms with van der Waals surface area (Å²) in [6, 6.07) is 24.4. The smallest absolute Gasteiger partial charge is 0.252 e. The average Bonchev–Trinajstić information content (AvgIpc) is 2.89. The lowest BCUT2D eigenvalue weighted by atomic mass is 10.0. The van der Waals surface area contributed by atoms with Crippen LogP contribution in [0.5, 0.6) is 5.75 Å². The summed E-state index contributed by atoms with van der Waals surface area (Å²) in [5.74, 6) is -0.272. The number of nitrogens with two attached hydrogens (primary N) is 1. The Bertz CT molecular complexity index is 1110. The lowest BCUT2D eigenvalue weighted by molar-refractivity contribution is 0.0162. The molecule has 0 spiro atoms. The van der Waals surface area contributed by atoms with E-state index in [4.69, 9.17) is 15.2 Å². The van der Waals surface area contributed by atoms with Gasteiger partial charge in [-0.3, -0.25) is 14.5 Å². The van der Waals surface area contributed by atoms with Gasteiger partial charge in [-0.15, -0.1) is 0 Å². The Kier molecular flexibility index (Phi) is 7.91. The standard InChI is InChI=1S/C27H29N3O4/c28-26(31)23-11-4-5-12-25(23)34-19-20-7-6-10-22(17-20)27(32)29-18-24(21-8-2-1-3-9-21)30-13-15-33-16-14-30/h1-12,17,24H,13-16,18-19H2,(H2,28,31)(H,29,32). The molecule has 3 aromatic carbocycles. The van der Waals surface area contributed by atoms with E-state index in [2.05, 4.69) is 22.3 Å². The van der Waals surface area contributed by atoms with Gasteiger partial charge in [-0.25, -0.2) is 0 Å². The molecule has 0 bridgehead atoms. The molecular weight excluding hydrogens is 430 g/mol. The van der Waals surface area contributed by atoms with Gasteiger partial charge < -0.3 is 20.5 Å². The number of primary amides is 1. The predicted molar refractivity (Wildman–Crippen MR) is 130 cm³/mol. The van der Waals surface area contributed by atoms with Crippen LogP contribution in [0.2, 0.25) is 0 Å². The van der Waals surface area contributed by atoms with Crippen LogP contribution in [-0.2, 0) is 11.3 Å². The molecule has 0 saturated carbocycles. The molecule has 4 rings (SSSR count). The van der Waals surface area contributed by atoms with E-state index in [1.54, 1.807) is 36.4 Å². The molecule has 1 unspecified atom stereocenters. The molecule has 7 nitrogen and oxygen atoms in total. The molecule has 2 amide bonds. The number of hydrogen-bond acceptors (Lipinski definition) is 5. The normalized spacial score (nSPS) is 14.8. The molecule has 0 aromatic heterocycles. The van der Waals surface area contributed by atoms with Gasteiger partial charge in [0.25, 0.3) is 11.8 Å². The number of ether oxygens (including phenoxy) is 2. The van der Waals surface area contributed by atoms with Gasteiger partial charge in [0.15, 0.2) is 0 Å². The number of nitrogens with zero attached hydrogens (tertiary/aromatic N) is 1. The third-order valence-electron chi connectivity index (χ3n) is 5.86. The van der Waals surface area contributed by atoms with Crippen molar-refractivity contribution in [2.45, 2.75) is 12.6 Å². The van der Waals surface area contributed by atoms with Crippen molar-refractivity contribution < 1.29 is 19.1 Å². The molecule has 176 valence electrons. The highest BCUT2D eigenvalue weighted by Crippen LogP contribution is 2.22. The summed E-state index contributed by atoms with van der Waals surface area (Å²) in [6.45, 7) is 3.75.